The standard InChI is InChI=1S/C42H34ClFN6O2/c1-2-52-41(51)35-26-18-20-27(21-19-26)37(35)49-25-34(44)33-24-45-38(47-40(33)49)36-32-22-31(43)23-46-39(32)50(48-36)42(28-12-6-3-7-13-28,29-14-8-4-9-15-29)30-16-10-5-11-17-30/h3-18,20,22-27,35,37H,2,19,21H2,1H3. The summed E-state index contributed by atoms with van der Waals surface area (Å²) in [5.74, 6) is -0.862. The van der Waals surface area contributed by atoms with Crippen LogP contribution in [0.2, 0.25) is 5.02 Å². The maximum absolute atomic E-state index is 15.8. The lowest BCUT2D eigenvalue weighted by Crippen LogP contribution is -2.43. The molecule has 10 rings (SSSR count). The van der Waals surface area contributed by atoms with Crippen LogP contribution in [0, 0.1) is 23.6 Å². The maximum atomic E-state index is 15.8. The zero-order valence-electron chi connectivity index (χ0n) is 28.3. The van der Waals surface area contributed by atoms with Crippen molar-refractivity contribution in [2.45, 2.75) is 31.3 Å². The number of rotatable bonds is 8. The topological polar surface area (TPSA) is 87.7 Å². The number of carbonyl (C=O) groups is 1. The highest BCUT2D eigenvalue weighted by molar-refractivity contribution is 6.31. The second-order valence-electron chi connectivity index (χ2n) is 13.5. The number of ether oxygens (including phenoxy) is 1. The molecule has 1 fully saturated rings. The fourth-order valence-electron chi connectivity index (χ4n) is 8.51. The lowest BCUT2D eigenvalue weighted by Gasteiger charge is -2.44. The van der Waals surface area contributed by atoms with Crippen molar-refractivity contribution in [3.05, 3.63) is 155 Å². The summed E-state index contributed by atoms with van der Waals surface area (Å²) in [5.41, 5.74) is 3.34. The Balaban J connectivity index is 1.30. The summed E-state index contributed by atoms with van der Waals surface area (Å²) in [6.45, 7) is 2.08. The van der Waals surface area contributed by atoms with E-state index in [2.05, 4.69) is 48.6 Å². The van der Waals surface area contributed by atoms with Gasteiger partial charge in [0, 0.05) is 18.6 Å². The van der Waals surface area contributed by atoms with Crippen LogP contribution >= 0.6 is 11.6 Å². The molecule has 2 bridgehead atoms. The van der Waals surface area contributed by atoms with E-state index < -0.39 is 17.3 Å². The average Bonchev–Trinajstić information content (AvgIpc) is 3.73. The van der Waals surface area contributed by atoms with Gasteiger partial charge in [0.25, 0.3) is 0 Å². The molecule has 52 heavy (non-hydrogen) atoms. The van der Waals surface area contributed by atoms with Crippen LogP contribution < -0.4 is 0 Å². The van der Waals surface area contributed by atoms with Crippen molar-refractivity contribution < 1.29 is 13.9 Å². The molecule has 3 aliphatic carbocycles. The third-order valence-corrected chi connectivity index (χ3v) is 10.9. The van der Waals surface area contributed by atoms with Crippen molar-refractivity contribution in [3.63, 3.8) is 0 Å². The number of hydrogen-bond acceptors (Lipinski definition) is 6. The Morgan fingerprint density at radius 3 is 2.06 bits per heavy atom. The fourth-order valence-corrected chi connectivity index (χ4v) is 8.67. The second-order valence-corrected chi connectivity index (χ2v) is 13.9. The lowest BCUT2D eigenvalue weighted by molar-refractivity contribution is -0.153. The minimum absolute atomic E-state index is 0.00538. The Morgan fingerprint density at radius 1 is 0.846 bits per heavy atom. The zero-order valence-corrected chi connectivity index (χ0v) is 29.1. The van der Waals surface area contributed by atoms with E-state index in [0.717, 1.165) is 29.5 Å². The van der Waals surface area contributed by atoms with E-state index in [1.807, 2.05) is 69.9 Å². The number of esters is 1. The molecule has 4 aromatic heterocycles. The third kappa shape index (κ3) is 4.98. The Morgan fingerprint density at radius 2 is 1.46 bits per heavy atom. The van der Waals surface area contributed by atoms with Crippen molar-refractivity contribution in [1.29, 1.82) is 0 Å². The first-order valence-corrected chi connectivity index (χ1v) is 18.0. The summed E-state index contributed by atoms with van der Waals surface area (Å²) in [6, 6.07) is 32.1. The van der Waals surface area contributed by atoms with Gasteiger partial charge in [0.05, 0.1) is 34.4 Å². The molecule has 10 heteroatoms. The van der Waals surface area contributed by atoms with Gasteiger partial charge in [0.15, 0.2) is 17.3 Å². The van der Waals surface area contributed by atoms with Gasteiger partial charge >= 0.3 is 5.97 Å². The van der Waals surface area contributed by atoms with Crippen LogP contribution in [0.5, 0.6) is 0 Å². The van der Waals surface area contributed by atoms with E-state index in [-0.39, 0.29) is 41.7 Å². The van der Waals surface area contributed by atoms with Crippen LogP contribution in [-0.2, 0) is 15.1 Å². The molecular weight excluding hydrogens is 675 g/mol. The molecule has 8 nitrogen and oxygen atoms in total. The number of fused-ring (bicyclic) bond motifs is 4. The van der Waals surface area contributed by atoms with Gasteiger partial charge in [0.2, 0.25) is 0 Å². The first-order valence-electron chi connectivity index (χ1n) is 17.6. The Kier molecular flexibility index (Phi) is 7.96. The predicted molar refractivity (Wildman–Crippen MR) is 198 cm³/mol. The van der Waals surface area contributed by atoms with E-state index in [1.54, 1.807) is 13.1 Å². The zero-order chi connectivity index (χ0) is 35.4. The number of aromatic nitrogens is 6. The molecule has 1 saturated carbocycles. The first kappa shape index (κ1) is 32.3. The SMILES string of the molecule is CCOC(=O)C1C2C=CC(CC2)C1n1cc(F)c2cnc(-c3nn(C(c4ccccc4)(c4ccccc4)c4ccccc4)c4ncc(Cl)cc34)nc21. The van der Waals surface area contributed by atoms with Gasteiger partial charge in [-0.3, -0.25) is 4.79 Å². The molecule has 0 N–H and O–H groups in total. The summed E-state index contributed by atoms with van der Waals surface area (Å²) in [5, 5.41) is 6.68. The van der Waals surface area contributed by atoms with Gasteiger partial charge in [-0.05, 0) is 54.4 Å². The molecule has 258 valence electrons. The number of carbonyl (C=O) groups excluding carboxylic acids is 1. The van der Waals surface area contributed by atoms with Gasteiger partial charge in [-0.1, -0.05) is 115 Å². The van der Waals surface area contributed by atoms with E-state index in [1.165, 1.54) is 12.4 Å². The highest BCUT2D eigenvalue weighted by atomic mass is 35.5. The Labute approximate surface area is 304 Å². The number of pyridine rings is 1. The Hall–Kier alpha value is -5.67. The van der Waals surface area contributed by atoms with Gasteiger partial charge in [-0.15, -0.1) is 0 Å². The number of allylic oxidation sites excluding steroid dienone is 2. The van der Waals surface area contributed by atoms with Crippen LogP contribution in [-0.4, -0.2) is 41.9 Å². The second kappa shape index (κ2) is 12.8. The summed E-state index contributed by atoms with van der Waals surface area (Å²) in [6.07, 6.45) is 10.6. The molecule has 4 unspecified atom stereocenters. The Bertz CT molecular complexity index is 2370. The van der Waals surface area contributed by atoms with E-state index >= 15 is 4.39 Å². The number of nitrogens with zero attached hydrogens (tertiary/aromatic N) is 6. The summed E-state index contributed by atoms with van der Waals surface area (Å²) in [7, 11) is 0. The molecule has 0 spiro atoms. The average molecular weight is 709 g/mol. The van der Waals surface area contributed by atoms with Crippen LogP contribution in [0.25, 0.3) is 33.6 Å². The summed E-state index contributed by atoms with van der Waals surface area (Å²) >= 11 is 6.64. The summed E-state index contributed by atoms with van der Waals surface area (Å²) in [4.78, 5) is 28.0. The highest BCUT2D eigenvalue weighted by Crippen LogP contribution is 2.49. The molecule has 0 amide bonds. The van der Waals surface area contributed by atoms with E-state index in [9.17, 15) is 4.79 Å². The van der Waals surface area contributed by atoms with Crippen LogP contribution in [0.3, 0.4) is 0 Å². The van der Waals surface area contributed by atoms with Gasteiger partial charge in [-0.2, -0.15) is 5.10 Å². The lowest BCUT2D eigenvalue weighted by atomic mass is 9.65. The minimum Gasteiger partial charge on any atom is -0.466 e. The third-order valence-electron chi connectivity index (χ3n) is 10.7. The van der Waals surface area contributed by atoms with Crippen LogP contribution in [0.4, 0.5) is 4.39 Å². The van der Waals surface area contributed by atoms with E-state index in [4.69, 9.17) is 36.4 Å². The van der Waals surface area contributed by atoms with Gasteiger partial charge in [-0.25, -0.2) is 24.0 Å². The molecule has 3 aliphatic rings. The van der Waals surface area contributed by atoms with E-state index in [0.29, 0.717) is 27.4 Å². The molecule has 0 radical (unpaired) electrons. The molecule has 0 saturated heterocycles. The molecular formula is C42H34ClFN6O2. The quantitative estimate of drug-likeness (QED) is 0.0891. The molecule has 0 aliphatic heterocycles. The first-order chi connectivity index (χ1) is 25.5. The molecule has 3 aromatic carbocycles. The van der Waals surface area contributed by atoms with Crippen LogP contribution in [0.1, 0.15) is 42.5 Å². The highest BCUT2D eigenvalue weighted by Gasteiger charge is 2.47. The largest absolute Gasteiger partial charge is 0.466 e. The normalized spacial score (nSPS) is 19.8. The predicted octanol–water partition coefficient (Wildman–Crippen LogP) is 8.79. The van der Waals surface area contributed by atoms with Crippen molar-refractivity contribution in [3.8, 4) is 11.5 Å². The molecule has 4 heterocycles. The van der Waals surface area contributed by atoms with Crippen molar-refractivity contribution >= 4 is 39.6 Å². The molecule has 7 aromatic rings. The van der Waals surface area contributed by atoms with Gasteiger partial charge < -0.3 is 9.30 Å². The molecule has 4 atom stereocenters. The number of halogens is 2. The smallest absolute Gasteiger partial charge is 0.311 e. The van der Waals surface area contributed by atoms with Crippen molar-refractivity contribution in [2.75, 3.05) is 6.61 Å². The van der Waals surface area contributed by atoms with Crippen LogP contribution in [0.15, 0.2) is 128 Å². The summed E-state index contributed by atoms with van der Waals surface area (Å²) < 4.78 is 25.1. The van der Waals surface area contributed by atoms with Crippen molar-refractivity contribution in [1.82, 2.24) is 29.3 Å². The monoisotopic (exact) mass is 708 g/mol. The number of benzene rings is 3. The van der Waals surface area contributed by atoms with Crippen molar-refractivity contribution in [2.24, 2.45) is 17.8 Å². The fraction of sp³-hybridized carbons (Fsp3) is 0.214. The number of hydrogen-bond donors (Lipinski definition) is 0. The minimum atomic E-state index is -0.974. The maximum Gasteiger partial charge on any atom is 0.311 e. The van der Waals surface area contributed by atoms with Gasteiger partial charge in [0.1, 0.15) is 16.9 Å².